The second-order valence-corrected chi connectivity index (χ2v) is 8.31. The predicted octanol–water partition coefficient (Wildman–Crippen LogP) is 1.25. The van der Waals surface area contributed by atoms with E-state index in [1.807, 2.05) is 35.7 Å². The van der Waals surface area contributed by atoms with Crippen molar-refractivity contribution in [2.24, 2.45) is 28.7 Å². The molecule has 3 heterocycles. The van der Waals surface area contributed by atoms with Gasteiger partial charge in [-0.15, -0.1) is 34.2 Å². The highest BCUT2D eigenvalue weighted by Crippen LogP contribution is 2.52. The molecule has 4 atom stereocenters. The van der Waals surface area contributed by atoms with Gasteiger partial charge in [-0.1, -0.05) is 18.2 Å². The van der Waals surface area contributed by atoms with Crippen molar-refractivity contribution in [2.75, 3.05) is 26.2 Å². The first-order valence-corrected chi connectivity index (χ1v) is 11.0. The molecule has 9 nitrogen and oxygen atoms in total. The molecule has 10 heteroatoms. The van der Waals surface area contributed by atoms with Crippen molar-refractivity contribution in [3.63, 3.8) is 0 Å². The van der Waals surface area contributed by atoms with E-state index in [0.717, 1.165) is 24.4 Å². The highest BCUT2D eigenvalue weighted by molar-refractivity contribution is 14.0. The molecule has 4 unspecified atom stereocenters. The normalized spacial score (nSPS) is 26.0. The lowest BCUT2D eigenvalue weighted by Crippen LogP contribution is -2.43. The number of likely N-dealkylation sites (tertiary alicyclic amines) is 1. The number of nitrogens with one attached hydrogen (secondary N) is 2. The molecule has 2 aromatic heterocycles. The monoisotopic (exact) mass is 549 g/mol. The standard InChI is InChI=1S/C22H27N7O2.HI/c1-2-23-22(24-9-8-17-27-26-16-5-3-4-11-28(16)17)25-10-12-29-20(30)18-14-6-7-15(13-14)19(18)21(29)31;/h3-7,11,14-15,18-19H,2,8-10,12-13H2,1H3,(H2,23,24,25);1H. The minimum absolute atomic E-state index is 0. The Labute approximate surface area is 203 Å². The number of fused-ring (bicyclic) bond motifs is 6. The number of hydrogen-bond donors (Lipinski definition) is 2. The topological polar surface area (TPSA) is 104 Å². The maximum absolute atomic E-state index is 12.8. The Morgan fingerprint density at radius 1 is 1.12 bits per heavy atom. The molecule has 5 rings (SSSR count). The largest absolute Gasteiger partial charge is 0.357 e. The molecule has 1 saturated heterocycles. The smallest absolute Gasteiger partial charge is 0.233 e. The Bertz CT molecular complexity index is 1040. The van der Waals surface area contributed by atoms with Crippen LogP contribution in [0.25, 0.3) is 5.65 Å². The molecule has 2 bridgehead atoms. The summed E-state index contributed by atoms with van der Waals surface area (Å²) in [6.45, 7) is 4.11. The summed E-state index contributed by atoms with van der Waals surface area (Å²) in [5.74, 6) is 1.73. The first-order chi connectivity index (χ1) is 15.2. The van der Waals surface area contributed by atoms with E-state index in [0.29, 0.717) is 32.0 Å². The van der Waals surface area contributed by atoms with Gasteiger partial charge in [0.25, 0.3) is 0 Å². The first-order valence-electron chi connectivity index (χ1n) is 11.0. The van der Waals surface area contributed by atoms with Crippen LogP contribution < -0.4 is 10.6 Å². The zero-order valence-electron chi connectivity index (χ0n) is 18.0. The number of aliphatic imine (C=N–C) groups is 1. The van der Waals surface area contributed by atoms with Gasteiger partial charge in [-0.3, -0.25) is 23.9 Å². The van der Waals surface area contributed by atoms with Crippen LogP contribution in [-0.4, -0.2) is 63.5 Å². The maximum atomic E-state index is 12.8. The number of carbonyl (C=O) groups excluding carboxylic acids is 2. The minimum atomic E-state index is -0.137. The van der Waals surface area contributed by atoms with Gasteiger partial charge in [0.05, 0.1) is 11.8 Å². The van der Waals surface area contributed by atoms with Gasteiger partial charge in [0.1, 0.15) is 5.82 Å². The molecule has 2 aromatic rings. The van der Waals surface area contributed by atoms with Gasteiger partial charge in [-0.05, 0) is 37.3 Å². The summed E-state index contributed by atoms with van der Waals surface area (Å²) in [5, 5.41) is 14.8. The van der Waals surface area contributed by atoms with Crippen LogP contribution in [0.1, 0.15) is 19.2 Å². The second kappa shape index (κ2) is 9.55. The summed E-state index contributed by atoms with van der Waals surface area (Å²) in [4.78, 5) is 31.6. The van der Waals surface area contributed by atoms with Gasteiger partial charge in [0, 0.05) is 38.8 Å². The SMILES string of the molecule is CCNC(=NCCc1nnc2ccccn12)NCCN1C(=O)C2C3C=CC(C3)C2C1=O.I. The molecule has 0 spiro atoms. The number of amides is 2. The zero-order chi connectivity index (χ0) is 21.4. The summed E-state index contributed by atoms with van der Waals surface area (Å²) >= 11 is 0. The molecule has 0 aromatic carbocycles. The summed E-state index contributed by atoms with van der Waals surface area (Å²) in [7, 11) is 0. The molecule has 2 fully saturated rings. The van der Waals surface area contributed by atoms with Crippen LogP contribution in [0.3, 0.4) is 0 Å². The maximum Gasteiger partial charge on any atom is 0.233 e. The lowest BCUT2D eigenvalue weighted by Gasteiger charge is -2.18. The van der Waals surface area contributed by atoms with Crippen molar-refractivity contribution < 1.29 is 9.59 Å². The van der Waals surface area contributed by atoms with Gasteiger partial charge in [0.2, 0.25) is 11.8 Å². The van der Waals surface area contributed by atoms with Crippen LogP contribution in [-0.2, 0) is 16.0 Å². The number of carbonyl (C=O) groups is 2. The molecule has 2 N–H and O–H groups in total. The third-order valence-electron chi connectivity index (χ3n) is 6.52. The quantitative estimate of drug-likeness (QED) is 0.177. The number of aromatic nitrogens is 3. The minimum Gasteiger partial charge on any atom is -0.357 e. The van der Waals surface area contributed by atoms with E-state index < -0.39 is 0 Å². The molecule has 2 aliphatic carbocycles. The third-order valence-corrected chi connectivity index (χ3v) is 6.52. The number of nitrogens with zero attached hydrogens (tertiary/aromatic N) is 5. The van der Waals surface area contributed by atoms with Crippen molar-refractivity contribution in [3.05, 3.63) is 42.4 Å². The molecular weight excluding hydrogens is 521 g/mol. The molecular formula is C22H28IN7O2. The number of pyridine rings is 1. The van der Waals surface area contributed by atoms with Gasteiger partial charge in [-0.2, -0.15) is 0 Å². The van der Waals surface area contributed by atoms with Gasteiger partial charge < -0.3 is 10.6 Å². The number of allylic oxidation sites excluding steroid dienone is 2. The fourth-order valence-corrected chi connectivity index (χ4v) is 5.14. The Kier molecular flexibility index (Phi) is 6.77. The molecule has 1 aliphatic heterocycles. The van der Waals surface area contributed by atoms with E-state index >= 15 is 0 Å². The molecule has 170 valence electrons. The van der Waals surface area contributed by atoms with Crippen LogP contribution in [0.2, 0.25) is 0 Å². The van der Waals surface area contributed by atoms with Gasteiger partial charge in [-0.25, -0.2) is 0 Å². The highest BCUT2D eigenvalue weighted by atomic mass is 127. The van der Waals surface area contributed by atoms with Crippen molar-refractivity contribution in [1.82, 2.24) is 30.1 Å². The van der Waals surface area contributed by atoms with Crippen LogP contribution in [0, 0.1) is 23.7 Å². The summed E-state index contributed by atoms with van der Waals surface area (Å²) in [6.07, 6.45) is 7.79. The van der Waals surface area contributed by atoms with Crippen LogP contribution >= 0.6 is 24.0 Å². The number of imide groups is 1. The number of rotatable bonds is 7. The average Bonchev–Trinajstić information content (AvgIpc) is 3.54. The average molecular weight is 549 g/mol. The van der Waals surface area contributed by atoms with Crippen molar-refractivity contribution >= 4 is 47.4 Å². The van der Waals surface area contributed by atoms with E-state index in [4.69, 9.17) is 0 Å². The number of hydrogen-bond acceptors (Lipinski definition) is 5. The van der Waals surface area contributed by atoms with Crippen molar-refractivity contribution in [3.8, 4) is 0 Å². The molecule has 3 aliphatic rings. The van der Waals surface area contributed by atoms with E-state index in [-0.39, 0.29) is 59.5 Å². The lowest BCUT2D eigenvalue weighted by atomic mass is 9.85. The summed E-state index contributed by atoms with van der Waals surface area (Å²) in [5.41, 5.74) is 0.819. The van der Waals surface area contributed by atoms with Crippen molar-refractivity contribution in [1.29, 1.82) is 0 Å². The molecule has 32 heavy (non-hydrogen) atoms. The van der Waals surface area contributed by atoms with Gasteiger partial charge >= 0.3 is 0 Å². The second-order valence-electron chi connectivity index (χ2n) is 8.31. The lowest BCUT2D eigenvalue weighted by molar-refractivity contribution is -0.140. The first kappa shape index (κ1) is 22.7. The van der Waals surface area contributed by atoms with E-state index in [1.165, 1.54) is 4.90 Å². The van der Waals surface area contributed by atoms with Crippen LogP contribution in [0.15, 0.2) is 41.5 Å². The van der Waals surface area contributed by atoms with E-state index in [2.05, 4.69) is 38.0 Å². The fraction of sp³-hybridized carbons (Fsp3) is 0.500. The number of guanidine groups is 1. The van der Waals surface area contributed by atoms with Crippen LogP contribution in [0.5, 0.6) is 0 Å². The third kappa shape index (κ3) is 4.00. The van der Waals surface area contributed by atoms with E-state index in [9.17, 15) is 9.59 Å². The zero-order valence-corrected chi connectivity index (χ0v) is 20.3. The Morgan fingerprint density at radius 3 is 2.59 bits per heavy atom. The fourth-order valence-electron chi connectivity index (χ4n) is 5.14. The molecule has 2 amide bonds. The van der Waals surface area contributed by atoms with Gasteiger partial charge in [0.15, 0.2) is 11.6 Å². The van der Waals surface area contributed by atoms with Crippen LogP contribution in [0.4, 0.5) is 0 Å². The summed E-state index contributed by atoms with van der Waals surface area (Å²) < 4.78 is 1.96. The van der Waals surface area contributed by atoms with Crippen molar-refractivity contribution in [2.45, 2.75) is 19.8 Å². The Morgan fingerprint density at radius 2 is 1.88 bits per heavy atom. The highest BCUT2D eigenvalue weighted by Gasteiger charge is 2.58. The Balaban J connectivity index is 0.00000245. The molecule has 0 radical (unpaired) electrons. The van der Waals surface area contributed by atoms with E-state index in [1.54, 1.807) is 0 Å². The predicted molar refractivity (Wildman–Crippen MR) is 131 cm³/mol. The summed E-state index contributed by atoms with van der Waals surface area (Å²) in [6, 6.07) is 5.80. The Hall–Kier alpha value is -2.50. The number of halogens is 1. The molecule has 1 saturated carbocycles.